The molecule has 0 aromatic carbocycles. The first-order valence-electron chi connectivity index (χ1n) is 7.54. The van der Waals surface area contributed by atoms with Crippen molar-refractivity contribution in [2.24, 2.45) is 0 Å². The number of aryl methyl sites for hydroxylation is 2. The van der Waals surface area contributed by atoms with Gasteiger partial charge in [-0.3, -0.25) is 20.6 Å². The first kappa shape index (κ1) is 14.1. The summed E-state index contributed by atoms with van der Waals surface area (Å²) in [6.45, 7) is 0. The first-order valence-corrected chi connectivity index (χ1v) is 8.36. The van der Waals surface area contributed by atoms with Crippen LogP contribution in [-0.2, 0) is 12.8 Å². The average Bonchev–Trinajstić information content (AvgIpc) is 2.99. The van der Waals surface area contributed by atoms with E-state index >= 15 is 0 Å². The summed E-state index contributed by atoms with van der Waals surface area (Å²) in [6, 6.07) is 3.44. The molecule has 0 atom stereocenters. The van der Waals surface area contributed by atoms with Crippen molar-refractivity contribution in [2.75, 3.05) is 5.43 Å². The van der Waals surface area contributed by atoms with Crippen molar-refractivity contribution in [1.82, 2.24) is 20.4 Å². The van der Waals surface area contributed by atoms with E-state index in [1.165, 1.54) is 35.8 Å². The summed E-state index contributed by atoms with van der Waals surface area (Å²) in [5.41, 5.74) is 7.47. The smallest absolute Gasteiger partial charge is 0.271 e. The van der Waals surface area contributed by atoms with Crippen LogP contribution in [0.2, 0.25) is 0 Å². The Kier molecular flexibility index (Phi) is 3.63. The highest BCUT2D eigenvalue weighted by atomic mass is 32.1. The molecule has 3 heterocycles. The molecule has 1 aliphatic rings. The van der Waals surface area contributed by atoms with Crippen LogP contribution in [0.3, 0.4) is 0 Å². The molecule has 3 aromatic rings. The molecule has 1 amide bonds. The van der Waals surface area contributed by atoms with Gasteiger partial charge in [0.2, 0.25) is 0 Å². The van der Waals surface area contributed by atoms with E-state index < -0.39 is 0 Å². The third-order valence-electron chi connectivity index (χ3n) is 3.97. The minimum absolute atomic E-state index is 0.242. The van der Waals surface area contributed by atoms with E-state index in [1.807, 2.05) is 0 Å². The third kappa shape index (κ3) is 2.63. The molecule has 0 aliphatic heterocycles. The number of thiophene rings is 1. The molecular formula is C16H15N5OS. The van der Waals surface area contributed by atoms with E-state index in [1.54, 1.807) is 29.7 Å². The van der Waals surface area contributed by atoms with Crippen molar-refractivity contribution in [2.45, 2.75) is 25.7 Å². The molecule has 6 nitrogen and oxygen atoms in total. The predicted octanol–water partition coefficient (Wildman–Crippen LogP) is 2.72. The highest BCUT2D eigenvalue weighted by molar-refractivity contribution is 7.19. The fraction of sp³-hybridized carbons (Fsp3) is 0.250. The molecule has 23 heavy (non-hydrogen) atoms. The Balaban J connectivity index is 1.62. The maximum Gasteiger partial charge on any atom is 0.271 e. The topological polar surface area (TPSA) is 79.8 Å². The minimum atomic E-state index is -0.242. The van der Waals surface area contributed by atoms with Crippen LogP contribution in [0.4, 0.5) is 5.82 Å². The molecule has 0 radical (unpaired) electrons. The van der Waals surface area contributed by atoms with E-state index in [-0.39, 0.29) is 5.91 Å². The Morgan fingerprint density at radius 3 is 3.00 bits per heavy atom. The second-order valence-electron chi connectivity index (χ2n) is 5.43. The molecule has 0 unspecified atom stereocenters. The number of nitrogens with one attached hydrogen (secondary N) is 2. The van der Waals surface area contributed by atoms with Crippen molar-refractivity contribution in [3.63, 3.8) is 0 Å². The Bertz CT molecular complexity index is 862. The molecule has 0 bridgehead atoms. The first-order chi connectivity index (χ1) is 11.3. The second kappa shape index (κ2) is 5.92. The van der Waals surface area contributed by atoms with Crippen molar-refractivity contribution in [1.29, 1.82) is 0 Å². The number of carbonyl (C=O) groups is 1. The van der Waals surface area contributed by atoms with Crippen LogP contribution in [-0.4, -0.2) is 20.9 Å². The van der Waals surface area contributed by atoms with Gasteiger partial charge in [0.25, 0.3) is 5.91 Å². The standard InChI is InChI=1S/C16H15N5OS/c22-15(10-4-3-7-17-8-10)21-20-14-13-11-5-1-2-6-12(11)23-16(13)19-9-18-14/h3-4,7-9H,1-2,5-6H2,(H,21,22)(H,18,19,20). The lowest BCUT2D eigenvalue weighted by Gasteiger charge is -2.12. The summed E-state index contributed by atoms with van der Waals surface area (Å²) in [5.74, 6) is 0.417. The van der Waals surface area contributed by atoms with Crippen molar-refractivity contribution < 1.29 is 4.79 Å². The summed E-state index contributed by atoms with van der Waals surface area (Å²) >= 11 is 1.73. The molecule has 0 saturated carbocycles. The lowest BCUT2D eigenvalue weighted by molar-refractivity contribution is 0.0962. The van der Waals surface area contributed by atoms with Gasteiger partial charge in [-0.25, -0.2) is 9.97 Å². The molecule has 7 heteroatoms. The SMILES string of the molecule is O=C(NNc1ncnc2sc3c(c12)CCCC3)c1cccnc1. The van der Waals surface area contributed by atoms with Crippen LogP contribution in [0, 0.1) is 0 Å². The number of hydrogen-bond donors (Lipinski definition) is 2. The van der Waals surface area contributed by atoms with E-state index in [0.29, 0.717) is 11.4 Å². The number of carbonyl (C=O) groups excluding carboxylic acids is 1. The Morgan fingerprint density at radius 2 is 2.13 bits per heavy atom. The van der Waals surface area contributed by atoms with Crippen molar-refractivity contribution in [3.8, 4) is 0 Å². The molecular weight excluding hydrogens is 310 g/mol. The fourth-order valence-corrected chi connectivity index (χ4v) is 4.10. The summed E-state index contributed by atoms with van der Waals surface area (Å²) in [5, 5.41) is 1.04. The molecule has 0 spiro atoms. The van der Waals surface area contributed by atoms with E-state index in [4.69, 9.17) is 0 Å². The van der Waals surface area contributed by atoms with Crippen LogP contribution in [0.5, 0.6) is 0 Å². The van der Waals surface area contributed by atoms with Crippen LogP contribution in [0.25, 0.3) is 10.2 Å². The zero-order valence-corrected chi connectivity index (χ0v) is 13.2. The Morgan fingerprint density at radius 1 is 1.22 bits per heavy atom. The van der Waals surface area contributed by atoms with E-state index in [2.05, 4.69) is 25.8 Å². The molecule has 2 N–H and O–H groups in total. The summed E-state index contributed by atoms with van der Waals surface area (Å²) < 4.78 is 0. The van der Waals surface area contributed by atoms with E-state index in [0.717, 1.165) is 23.1 Å². The van der Waals surface area contributed by atoms with Gasteiger partial charge < -0.3 is 0 Å². The van der Waals surface area contributed by atoms with Gasteiger partial charge >= 0.3 is 0 Å². The van der Waals surface area contributed by atoms with Gasteiger partial charge in [0.05, 0.1) is 10.9 Å². The van der Waals surface area contributed by atoms with Crippen molar-refractivity contribution in [3.05, 3.63) is 46.9 Å². The number of fused-ring (bicyclic) bond motifs is 3. The van der Waals surface area contributed by atoms with Gasteiger partial charge in [0, 0.05) is 17.3 Å². The van der Waals surface area contributed by atoms with Crippen molar-refractivity contribution >= 4 is 33.3 Å². The summed E-state index contributed by atoms with van der Waals surface area (Å²) in [6.07, 6.45) is 9.27. The number of hydrogen-bond acceptors (Lipinski definition) is 6. The molecule has 1 aliphatic carbocycles. The molecule has 4 rings (SSSR count). The molecule has 116 valence electrons. The van der Waals surface area contributed by atoms with E-state index in [9.17, 15) is 4.79 Å². The highest BCUT2D eigenvalue weighted by Crippen LogP contribution is 2.37. The van der Waals surface area contributed by atoms with Crippen LogP contribution >= 0.6 is 11.3 Å². The van der Waals surface area contributed by atoms with Gasteiger partial charge in [-0.05, 0) is 43.4 Å². The monoisotopic (exact) mass is 325 g/mol. The maximum absolute atomic E-state index is 12.1. The molecule has 0 saturated heterocycles. The summed E-state index contributed by atoms with van der Waals surface area (Å²) in [7, 11) is 0. The average molecular weight is 325 g/mol. The van der Waals surface area contributed by atoms with Gasteiger partial charge in [-0.2, -0.15) is 0 Å². The highest BCUT2D eigenvalue weighted by Gasteiger charge is 2.20. The lowest BCUT2D eigenvalue weighted by atomic mass is 9.97. The number of amides is 1. The van der Waals surface area contributed by atoms with Crippen LogP contribution < -0.4 is 10.9 Å². The Labute approximate surface area is 137 Å². The zero-order valence-electron chi connectivity index (χ0n) is 12.4. The lowest BCUT2D eigenvalue weighted by Crippen LogP contribution is -2.30. The third-order valence-corrected chi connectivity index (χ3v) is 5.17. The molecule has 0 fully saturated rings. The summed E-state index contributed by atoms with van der Waals surface area (Å²) in [4.78, 5) is 27.1. The minimum Gasteiger partial charge on any atom is -0.281 e. The number of pyridine rings is 1. The van der Waals surface area contributed by atoms with Gasteiger partial charge in [0.1, 0.15) is 11.2 Å². The van der Waals surface area contributed by atoms with Gasteiger partial charge in [-0.1, -0.05) is 0 Å². The largest absolute Gasteiger partial charge is 0.281 e. The second-order valence-corrected chi connectivity index (χ2v) is 6.52. The predicted molar refractivity (Wildman–Crippen MR) is 89.4 cm³/mol. The maximum atomic E-state index is 12.1. The van der Waals surface area contributed by atoms with Gasteiger partial charge in [-0.15, -0.1) is 11.3 Å². The normalized spacial score (nSPS) is 13.6. The van der Waals surface area contributed by atoms with Gasteiger partial charge in [0.15, 0.2) is 5.82 Å². The number of nitrogens with zero attached hydrogens (tertiary/aromatic N) is 3. The zero-order chi connectivity index (χ0) is 15.6. The molecule has 3 aromatic heterocycles. The number of anilines is 1. The number of rotatable bonds is 3. The number of hydrazine groups is 1. The Hall–Kier alpha value is -2.54. The van der Waals surface area contributed by atoms with Crippen LogP contribution in [0.15, 0.2) is 30.9 Å². The van der Waals surface area contributed by atoms with Crippen LogP contribution in [0.1, 0.15) is 33.6 Å². The fourth-order valence-electron chi connectivity index (χ4n) is 2.87. The quantitative estimate of drug-likeness (QED) is 0.724. The number of aromatic nitrogens is 3.